The molecule has 0 aromatic carbocycles. The van der Waals surface area contributed by atoms with Gasteiger partial charge in [-0.2, -0.15) is 0 Å². The highest BCUT2D eigenvalue weighted by molar-refractivity contribution is 5.73. The van der Waals surface area contributed by atoms with Crippen LogP contribution >= 0.6 is 0 Å². The lowest BCUT2D eigenvalue weighted by molar-refractivity contribution is -0.145. The van der Waals surface area contributed by atoms with Gasteiger partial charge in [0.25, 0.3) is 0 Å². The first-order chi connectivity index (χ1) is 7.59. The quantitative estimate of drug-likeness (QED) is 0.744. The highest BCUT2D eigenvalue weighted by atomic mass is 16.4. The van der Waals surface area contributed by atoms with E-state index in [0.29, 0.717) is 18.3 Å². The second-order valence-corrected chi connectivity index (χ2v) is 5.60. The maximum absolute atomic E-state index is 11.1. The third kappa shape index (κ3) is 1.16. The summed E-state index contributed by atoms with van der Waals surface area (Å²) in [5.74, 6) is -0.471. The van der Waals surface area contributed by atoms with Crippen molar-refractivity contribution in [3.05, 3.63) is 0 Å². The van der Waals surface area contributed by atoms with E-state index in [1.807, 2.05) is 0 Å². The molecule has 0 saturated heterocycles. The van der Waals surface area contributed by atoms with Gasteiger partial charge in [-0.1, -0.05) is 0 Å². The molecule has 0 amide bonds. The van der Waals surface area contributed by atoms with Crippen LogP contribution in [0.3, 0.4) is 0 Å². The Hall–Kier alpha value is -1.06. The number of fused-ring (bicyclic) bond motifs is 5. The molecule has 16 heavy (non-hydrogen) atoms. The van der Waals surface area contributed by atoms with Gasteiger partial charge in [0.1, 0.15) is 0 Å². The zero-order valence-corrected chi connectivity index (χ0v) is 9.00. The Balaban J connectivity index is 1.83. The van der Waals surface area contributed by atoms with E-state index < -0.39 is 11.9 Å². The van der Waals surface area contributed by atoms with Crippen molar-refractivity contribution < 1.29 is 19.8 Å². The summed E-state index contributed by atoms with van der Waals surface area (Å²) in [7, 11) is 0. The van der Waals surface area contributed by atoms with Crippen LogP contribution < -0.4 is 0 Å². The van der Waals surface area contributed by atoms with Crippen LogP contribution in [0.4, 0.5) is 0 Å². The molecular weight excluding hydrogens is 208 g/mol. The summed E-state index contributed by atoms with van der Waals surface area (Å²) >= 11 is 0. The molecule has 0 aromatic rings. The molecule has 6 atom stereocenters. The second kappa shape index (κ2) is 3.22. The SMILES string of the molecule is O=C(O)C1CC2CC1C1CCC(C(=O)O)C21. The van der Waals surface area contributed by atoms with Crippen molar-refractivity contribution in [3.8, 4) is 0 Å². The van der Waals surface area contributed by atoms with E-state index in [9.17, 15) is 9.59 Å². The van der Waals surface area contributed by atoms with Gasteiger partial charge in [-0.3, -0.25) is 9.59 Å². The fourth-order valence-corrected chi connectivity index (χ4v) is 4.70. The van der Waals surface area contributed by atoms with Gasteiger partial charge in [-0.05, 0) is 49.4 Å². The molecule has 0 aromatic heterocycles. The molecule has 4 heteroatoms. The fraction of sp³-hybridized carbons (Fsp3) is 0.833. The number of carboxylic acid groups (broad SMARTS) is 2. The lowest BCUT2D eigenvalue weighted by atomic mass is 9.73. The summed E-state index contributed by atoms with van der Waals surface area (Å²) < 4.78 is 0. The molecule has 6 unspecified atom stereocenters. The Bertz CT molecular complexity index is 351. The largest absolute Gasteiger partial charge is 0.481 e. The third-order valence-corrected chi connectivity index (χ3v) is 5.15. The molecule has 3 rings (SSSR count). The maximum atomic E-state index is 11.1. The lowest BCUT2D eigenvalue weighted by Gasteiger charge is -2.30. The third-order valence-electron chi connectivity index (χ3n) is 5.15. The van der Waals surface area contributed by atoms with Crippen molar-refractivity contribution in [2.75, 3.05) is 0 Å². The lowest BCUT2D eigenvalue weighted by Crippen LogP contribution is -2.33. The van der Waals surface area contributed by atoms with Crippen LogP contribution in [0.2, 0.25) is 0 Å². The molecule has 3 saturated carbocycles. The molecule has 3 fully saturated rings. The molecule has 0 radical (unpaired) electrons. The number of hydrogen-bond acceptors (Lipinski definition) is 2. The minimum absolute atomic E-state index is 0.196. The smallest absolute Gasteiger partial charge is 0.306 e. The maximum Gasteiger partial charge on any atom is 0.306 e. The van der Waals surface area contributed by atoms with E-state index in [-0.39, 0.29) is 23.7 Å². The van der Waals surface area contributed by atoms with Crippen LogP contribution in [0, 0.1) is 35.5 Å². The van der Waals surface area contributed by atoms with Gasteiger partial charge in [0, 0.05) is 0 Å². The molecule has 2 N–H and O–H groups in total. The average Bonchev–Trinajstić information content (AvgIpc) is 2.87. The first-order valence-corrected chi connectivity index (χ1v) is 6.05. The zero-order valence-electron chi connectivity index (χ0n) is 9.00. The first-order valence-electron chi connectivity index (χ1n) is 6.05. The minimum atomic E-state index is -0.676. The summed E-state index contributed by atoms with van der Waals surface area (Å²) in [6.07, 6.45) is 3.34. The van der Waals surface area contributed by atoms with Gasteiger partial charge >= 0.3 is 11.9 Å². The van der Waals surface area contributed by atoms with Crippen molar-refractivity contribution >= 4 is 11.9 Å². The van der Waals surface area contributed by atoms with Crippen molar-refractivity contribution in [2.24, 2.45) is 35.5 Å². The zero-order chi connectivity index (χ0) is 11.4. The van der Waals surface area contributed by atoms with Gasteiger partial charge in [0.05, 0.1) is 11.8 Å². The second-order valence-electron chi connectivity index (χ2n) is 5.60. The topological polar surface area (TPSA) is 74.6 Å². The number of carboxylic acids is 2. The van der Waals surface area contributed by atoms with Crippen molar-refractivity contribution in [1.29, 1.82) is 0 Å². The van der Waals surface area contributed by atoms with Gasteiger partial charge in [0.15, 0.2) is 0 Å². The Labute approximate surface area is 93.6 Å². The monoisotopic (exact) mass is 224 g/mol. The summed E-state index contributed by atoms with van der Waals surface area (Å²) in [5.41, 5.74) is 0. The summed E-state index contributed by atoms with van der Waals surface area (Å²) in [4.78, 5) is 22.2. The van der Waals surface area contributed by atoms with Crippen molar-refractivity contribution in [2.45, 2.75) is 25.7 Å². The average molecular weight is 224 g/mol. The van der Waals surface area contributed by atoms with Crippen LogP contribution in [-0.4, -0.2) is 22.2 Å². The Morgan fingerprint density at radius 2 is 1.56 bits per heavy atom. The number of hydrogen-bond donors (Lipinski definition) is 2. The highest BCUT2D eigenvalue weighted by Gasteiger charge is 2.60. The standard InChI is InChI=1S/C12H16O4/c13-11(14)7-2-1-6-8-3-5(10(6)7)4-9(8)12(15)16/h5-10H,1-4H2,(H,13,14)(H,15,16). The first kappa shape index (κ1) is 10.1. The normalized spacial score (nSPS) is 49.2. The fourth-order valence-electron chi connectivity index (χ4n) is 4.70. The molecular formula is C12H16O4. The van der Waals surface area contributed by atoms with Gasteiger partial charge in [-0.15, -0.1) is 0 Å². The van der Waals surface area contributed by atoms with Crippen LogP contribution in [0.5, 0.6) is 0 Å². The Morgan fingerprint density at radius 1 is 0.875 bits per heavy atom. The van der Waals surface area contributed by atoms with Gasteiger partial charge < -0.3 is 10.2 Å². The Morgan fingerprint density at radius 3 is 2.19 bits per heavy atom. The van der Waals surface area contributed by atoms with E-state index >= 15 is 0 Å². The molecule has 4 nitrogen and oxygen atoms in total. The number of rotatable bonds is 2. The van der Waals surface area contributed by atoms with E-state index in [1.165, 1.54) is 0 Å². The molecule has 88 valence electrons. The summed E-state index contributed by atoms with van der Waals surface area (Å²) in [6.45, 7) is 0. The predicted molar refractivity (Wildman–Crippen MR) is 54.7 cm³/mol. The highest BCUT2D eigenvalue weighted by Crippen LogP contribution is 2.62. The summed E-state index contributed by atoms with van der Waals surface area (Å²) in [5, 5.41) is 18.3. The molecule has 0 aliphatic heterocycles. The molecule has 2 bridgehead atoms. The van der Waals surface area contributed by atoms with E-state index in [1.54, 1.807) is 0 Å². The minimum Gasteiger partial charge on any atom is -0.481 e. The van der Waals surface area contributed by atoms with Gasteiger partial charge in [-0.25, -0.2) is 0 Å². The van der Waals surface area contributed by atoms with E-state index in [2.05, 4.69) is 0 Å². The predicted octanol–water partition coefficient (Wildman–Crippen LogP) is 1.45. The van der Waals surface area contributed by atoms with E-state index in [4.69, 9.17) is 10.2 Å². The number of aliphatic carboxylic acids is 2. The van der Waals surface area contributed by atoms with Crippen molar-refractivity contribution in [3.63, 3.8) is 0 Å². The van der Waals surface area contributed by atoms with Crippen LogP contribution in [0.1, 0.15) is 25.7 Å². The van der Waals surface area contributed by atoms with Crippen LogP contribution in [0.25, 0.3) is 0 Å². The Kier molecular flexibility index (Phi) is 2.03. The van der Waals surface area contributed by atoms with Crippen LogP contribution in [-0.2, 0) is 9.59 Å². The summed E-state index contributed by atoms with van der Waals surface area (Å²) in [6, 6.07) is 0. The van der Waals surface area contributed by atoms with E-state index in [0.717, 1.165) is 19.3 Å². The molecule has 3 aliphatic rings. The molecule has 3 aliphatic carbocycles. The molecule has 0 heterocycles. The molecule has 0 spiro atoms. The van der Waals surface area contributed by atoms with Gasteiger partial charge in [0.2, 0.25) is 0 Å². The number of carbonyl (C=O) groups is 2. The van der Waals surface area contributed by atoms with Crippen LogP contribution in [0.15, 0.2) is 0 Å². The van der Waals surface area contributed by atoms with Crippen molar-refractivity contribution in [1.82, 2.24) is 0 Å².